The highest BCUT2D eigenvalue weighted by Crippen LogP contribution is 2.37. The van der Waals surface area contributed by atoms with Gasteiger partial charge in [-0.25, -0.2) is 17.2 Å². The SMILES string of the molecule is CC1Cc2ccccc2N1S(=O)(=O)c1cccc(C(=O)N(Cc2ccc(F)cc2F)C2CC2)c1. The van der Waals surface area contributed by atoms with E-state index in [1.165, 1.54) is 27.4 Å². The van der Waals surface area contributed by atoms with Crippen molar-refractivity contribution in [3.8, 4) is 0 Å². The van der Waals surface area contributed by atoms with Crippen LogP contribution in [0.5, 0.6) is 0 Å². The van der Waals surface area contributed by atoms with E-state index in [-0.39, 0.29) is 40.6 Å². The van der Waals surface area contributed by atoms with Gasteiger partial charge in [0.05, 0.1) is 10.6 Å². The van der Waals surface area contributed by atoms with Crippen molar-refractivity contribution in [2.45, 2.75) is 49.7 Å². The van der Waals surface area contributed by atoms with Crippen LogP contribution in [0.25, 0.3) is 0 Å². The molecule has 1 atom stereocenters. The van der Waals surface area contributed by atoms with Gasteiger partial charge in [0.15, 0.2) is 0 Å². The van der Waals surface area contributed by atoms with Crippen molar-refractivity contribution in [2.75, 3.05) is 4.31 Å². The van der Waals surface area contributed by atoms with Crippen LogP contribution in [0.3, 0.4) is 0 Å². The van der Waals surface area contributed by atoms with Crippen LogP contribution in [-0.2, 0) is 23.0 Å². The van der Waals surface area contributed by atoms with Crippen LogP contribution in [0.2, 0.25) is 0 Å². The Labute approximate surface area is 197 Å². The molecule has 1 fully saturated rings. The van der Waals surface area contributed by atoms with E-state index >= 15 is 0 Å². The van der Waals surface area contributed by atoms with Gasteiger partial charge in [0.25, 0.3) is 15.9 Å². The van der Waals surface area contributed by atoms with Crippen molar-refractivity contribution in [3.05, 3.63) is 95.1 Å². The molecule has 5 nitrogen and oxygen atoms in total. The molecule has 34 heavy (non-hydrogen) atoms. The number of rotatable bonds is 6. The van der Waals surface area contributed by atoms with Crippen molar-refractivity contribution in [1.29, 1.82) is 0 Å². The third kappa shape index (κ3) is 4.07. The number of para-hydroxylation sites is 1. The quantitative estimate of drug-likeness (QED) is 0.502. The zero-order valence-electron chi connectivity index (χ0n) is 18.6. The van der Waals surface area contributed by atoms with Crippen molar-refractivity contribution < 1.29 is 22.0 Å². The topological polar surface area (TPSA) is 57.7 Å². The van der Waals surface area contributed by atoms with E-state index in [2.05, 4.69) is 0 Å². The molecular formula is C26H24F2N2O3S. The number of amides is 1. The third-order valence-corrected chi connectivity index (χ3v) is 8.31. The van der Waals surface area contributed by atoms with Gasteiger partial charge in [0, 0.05) is 35.8 Å². The molecule has 176 valence electrons. The monoisotopic (exact) mass is 482 g/mol. The summed E-state index contributed by atoms with van der Waals surface area (Å²) in [5, 5.41) is 0. The molecule has 0 radical (unpaired) electrons. The normalized spacial score (nSPS) is 17.5. The van der Waals surface area contributed by atoms with Crippen molar-refractivity contribution in [1.82, 2.24) is 4.90 Å². The van der Waals surface area contributed by atoms with Crippen LogP contribution in [0, 0.1) is 11.6 Å². The van der Waals surface area contributed by atoms with E-state index in [1.54, 1.807) is 24.3 Å². The average Bonchev–Trinajstić information content (AvgIpc) is 3.59. The Bertz CT molecular complexity index is 1370. The van der Waals surface area contributed by atoms with Gasteiger partial charge in [-0.1, -0.05) is 30.3 Å². The predicted octanol–water partition coefficient (Wildman–Crippen LogP) is 4.91. The van der Waals surface area contributed by atoms with Gasteiger partial charge in [-0.2, -0.15) is 0 Å². The average molecular weight is 483 g/mol. The van der Waals surface area contributed by atoms with Crippen LogP contribution >= 0.6 is 0 Å². The number of anilines is 1. The van der Waals surface area contributed by atoms with Crippen LogP contribution in [-0.4, -0.2) is 31.3 Å². The first-order valence-electron chi connectivity index (χ1n) is 11.2. The lowest BCUT2D eigenvalue weighted by Crippen LogP contribution is -2.36. The molecule has 1 saturated carbocycles. The molecule has 1 aliphatic carbocycles. The summed E-state index contributed by atoms with van der Waals surface area (Å²) in [5.41, 5.74) is 2.05. The van der Waals surface area contributed by atoms with Gasteiger partial charge >= 0.3 is 0 Å². The van der Waals surface area contributed by atoms with E-state index in [0.717, 1.165) is 30.5 Å². The maximum absolute atomic E-state index is 14.2. The lowest BCUT2D eigenvalue weighted by molar-refractivity contribution is 0.0728. The molecule has 0 spiro atoms. The van der Waals surface area contributed by atoms with Crippen LogP contribution in [0.15, 0.2) is 71.6 Å². The lowest BCUT2D eigenvalue weighted by atomic mass is 10.1. The molecule has 0 bridgehead atoms. The minimum absolute atomic E-state index is 0.0108. The third-order valence-electron chi connectivity index (χ3n) is 6.39. The fourth-order valence-electron chi connectivity index (χ4n) is 4.56. The minimum atomic E-state index is -3.90. The summed E-state index contributed by atoms with van der Waals surface area (Å²) >= 11 is 0. The Morgan fingerprint density at radius 3 is 2.53 bits per heavy atom. The highest BCUT2D eigenvalue weighted by molar-refractivity contribution is 7.92. The smallest absolute Gasteiger partial charge is 0.264 e. The molecule has 8 heteroatoms. The van der Waals surface area contributed by atoms with Gasteiger partial charge in [-0.15, -0.1) is 0 Å². The second-order valence-corrected chi connectivity index (χ2v) is 10.7. The molecule has 1 aliphatic heterocycles. The number of halogens is 2. The molecule has 1 amide bonds. The predicted molar refractivity (Wildman–Crippen MR) is 125 cm³/mol. The second kappa shape index (κ2) is 8.51. The fraction of sp³-hybridized carbons (Fsp3) is 0.269. The maximum Gasteiger partial charge on any atom is 0.264 e. The van der Waals surface area contributed by atoms with E-state index < -0.39 is 21.7 Å². The Kier molecular flexibility index (Phi) is 5.64. The van der Waals surface area contributed by atoms with Gasteiger partial charge < -0.3 is 4.90 Å². The van der Waals surface area contributed by atoms with Crippen LogP contribution in [0.4, 0.5) is 14.5 Å². The Morgan fingerprint density at radius 1 is 1.03 bits per heavy atom. The Balaban J connectivity index is 1.45. The molecule has 3 aromatic carbocycles. The Hall–Kier alpha value is -3.26. The van der Waals surface area contributed by atoms with Gasteiger partial charge in [0.2, 0.25) is 0 Å². The first-order chi connectivity index (χ1) is 16.3. The molecule has 5 rings (SSSR count). The van der Waals surface area contributed by atoms with Gasteiger partial charge in [0.1, 0.15) is 11.6 Å². The summed E-state index contributed by atoms with van der Waals surface area (Å²) in [5.74, 6) is -1.77. The molecule has 3 aromatic rings. The number of hydrogen-bond donors (Lipinski definition) is 0. The lowest BCUT2D eigenvalue weighted by Gasteiger charge is -2.26. The number of nitrogens with zero attached hydrogens (tertiary/aromatic N) is 2. The first kappa shape index (κ1) is 22.5. The van der Waals surface area contributed by atoms with E-state index in [9.17, 15) is 22.0 Å². The fourth-order valence-corrected chi connectivity index (χ4v) is 6.30. The second-order valence-electron chi connectivity index (χ2n) is 8.91. The number of benzene rings is 3. The highest BCUT2D eigenvalue weighted by atomic mass is 32.2. The summed E-state index contributed by atoms with van der Waals surface area (Å²) in [6.07, 6.45) is 2.19. The van der Waals surface area contributed by atoms with E-state index in [1.807, 2.05) is 19.1 Å². The summed E-state index contributed by atoms with van der Waals surface area (Å²) in [6, 6.07) is 16.4. The molecule has 0 aromatic heterocycles. The minimum Gasteiger partial charge on any atom is -0.331 e. The van der Waals surface area contributed by atoms with E-state index in [0.29, 0.717) is 12.1 Å². The van der Waals surface area contributed by atoms with Crippen molar-refractivity contribution in [2.24, 2.45) is 0 Å². The van der Waals surface area contributed by atoms with E-state index in [4.69, 9.17) is 0 Å². The number of fused-ring (bicyclic) bond motifs is 1. The standard InChI is InChI=1S/C26H24F2N2O3S/c1-17-13-18-5-2-3-8-25(18)30(17)34(32,33)23-7-4-6-19(14-23)26(31)29(22-11-12-22)16-20-9-10-21(27)15-24(20)28/h2-10,14-15,17,22H,11-13,16H2,1H3. The zero-order chi connectivity index (χ0) is 24.0. The number of hydrogen-bond acceptors (Lipinski definition) is 3. The molecular weight excluding hydrogens is 458 g/mol. The number of carbonyl (C=O) groups is 1. The molecule has 2 aliphatic rings. The van der Waals surface area contributed by atoms with Gasteiger partial charge in [-0.3, -0.25) is 9.10 Å². The molecule has 1 heterocycles. The van der Waals surface area contributed by atoms with Crippen molar-refractivity contribution >= 4 is 21.6 Å². The summed E-state index contributed by atoms with van der Waals surface area (Å²) in [4.78, 5) is 15.0. The molecule has 0 N–H and O–H groups in total. The first-order valence-corrected chi connectivity index (χ1v) is 12.7. The highest BCUT2D eigenvalue weighted by Gasteiger charge is 2.37. The molecule has 1 unspecified atom stereocenters. The zero-order valence-corrected chi connectivity index (χ0v) is 19.4. The molecule has 0 saturated heterocycles. The summed E-state index contributed by atoms with van der Waals surface area (Å²) < 4.78 is 56.1. The largest absolute Gasteiger partial charge is 0.331 e. The van der Waals surface area contributed by atoms with Gasteiger partial charge in [-0.05, 0) is 62.1 Å². The van der Waals surface area contributed by atoms with Crippen LogP contribution in [0.1, 0.15) is 41.3 Å². The Morgan fingerprint density at radius 2 is 1.79 bits per heavy atom. The summed E-state index contributed by atoms with van der Waals surface area (Å²) in [7, 11) is -3.90. The maximum atomic E-state index is 14.2. The number of sulfonamides is 1. The summed E-state index contributed by atoms with van der Waals surface area (Å²) in [6.45, 7) is 1.85. The van der Waals surface area contributed by atoms with Crippen molar-refractivity contribution in [3.63, 3.8) is 0 Å². The van der Waals surface area contributed by atoms with Crippen LogP contribution < -0.4 is 4.31 Å². The number of carbonyl (C=O) groups excluding carboxylic acids is 1.